The lowest BCUT2D eigenvalue weighted by atomic mass is 9.93. The van der Waals surface area contributed by atoms with Crippen molar-refractivity contribution >= 4 is 35.1 Å². The van der Waals surface area contributed by atoms with E-state index in [1.54, 1.807) is 25.1 Å². The van der Waals surface area contributed by atoms with Crippen molar-refractivity contribution in [3.8, 4) is 17.2 Å². The highest BCUT2D eigenvalue weighted by atomic mass is 35.5. The molecule has 34 heavy (non-hydrogen) atoms. The van der Waals surface area contributed by atoms with E-state index in [2.05, 4.69) is 18.8 Å². The summed E-state index contributed by atoms with van der Waals surface area (Å²) in [7, 11) is 1.37. The number of pyridine rings is 1. The van der Waals surface area contributed by atoms with E-state index in [0.29, 0.717) is 22.2 Å². The Labute approximate surface area is 210 Å². The number of ether oxygens (including phenoxy) is 3. The van der Waals surface area contributed by atoms with E-state index < -0.39 is 5.91 Å². The first kappa shape index (κ1) is 29.3. The number of aromatic hydroxyl groups is 1. The topological polar surface area (TPSA) is 121 Å². The maximum absolute atomic E-state index is 11.6. The zero-order chi connectivity index (χ0) is 25.8. The fourth-order valence-electron chi connectivity index (χ4n) is 3.19. The van der Waals surface area contributed by atoms with Gasteiger partial charge in [-0.25, -0.2) is 4.98 Å². The number of primary amides is 1. The lowest BCUT2D eigenvalue weighted by Gasteiger charge is -2.31. The van der Waals surface area contributed by atoms with Crippen LogP contribution in [0.25, 0.3) is 0 Å². The summed E-state index contributed by atoms with van der Waals surface area (Å²) in [4.78, 5) is 25.8. The van der Waals surface area contributed by atoms with Crippen molar-refractivity contribution in [2.75, 3.05) is 7.11 Å². The highest BCUT2D eigenvalue weighted by Gasteiger charge is 2.29. The zero-order valence-electron chi connectivity index (χ0n) is 20.0. The molecule has 0 radical (unpaired) electrons. The molecule has 2 rings (SSSR count). The second-order valence-corrected chi connectivity index (χ2v) is 8.20. The molecule has 0 spiro atoms. The smallest absolute Gasteiger partial charge is 0.305 e. The van der Waals surface area contributed by atoms with Gasteiger partial charge in [-0.3, -0.25) is 9.59 Å². The lowest BCUT2D eigenvalue weighted by molar-refractivity contribution is -0.154. The normalized spacial score (nSPS) is 12.2. The Morgan fingerprint density at radius 1 is 1.12 bits per heavy atom. The SMILES string of the molecule is CCC(=O)OC(C)C(Oc1ccc(Cl)cc1Cl)C(CC)CC.COc1ccnc(C(N)=O)c1O. The summed E-state index contributed by atoms with van der Waals surface area (Å²) in [5.74, 6) is -0.333. The summed E-state index contributed by atoms with van der Waals surface area (Å²) in [6, 6.07) is 6.55. The van der Waals surface area contributed by atoms with Crippen molar-refractivity contribution in [3.63, 3.8) is 0 Å². The quantitative estimate of drug-likeness (QED) is 0.406. The summed E-state index contributed by atoms with van der Waals surface area (Å²) in [5.41, 5.74) is 4.74. The maximum Gasteiger partial charge on any atom is 0.305 e. The fraction of sp³-hybridized carbons (Fsp3) is 0.458. The zero-order valence-corrected chi connectivity index (χ0v) is 21.5. The van der Waals surface area contributed by atoms with Crippen LogP contribution in [0.5, 0.6) is 17.2 Å². The molecule has 0 aliphatic carbocycles. The van der Waals surface area contributed by atoms with Gasteiger partial charge in [-0.2, -0.15) is 0 Å². The summed E-state index contributed by atoms with van der Waals surface area (Å²) >= 11 is 12.1. The first-order valence-corrected chi connectivity index (χ1v) is 11.7. The minimum absolute atomic E-state index is 0.179. The number of nitrogens with two attached hydrogens (primary N) is 1. The number of carbonyl (C=O) groups is 2. The third-order valence-corrected chi connectivity index (χ3v) is 5.61. The van der Waals surface area contributed by atoms with Crippen LogP contribution in [0.4, 0.5) is 0 Å². The average Bonchev–Trinajstić information content (AvgIpc) is 2.80. The maximum atomic E-state index is 11.6. The number of hydrogen-bond donors (Lipinski definition) is 2. The van der Waals surface area contributed by atoms with Crippen LogP contribution in [0.1, 0.15) is 57.4 Å². The number of methoxy groups -OCH3 is 1. The van der Waals surface area contributed by atoms with Crippen LogP contribution >= 0.6 is 23.2 Å². The van der Waals surface area contributed by atoms with Crippen LogP contribution in [0.3, 0.4) is 0 Å². The van der Waals surface area contributed by atoms with Gasteiger partial charge >= 0.3 is 5.97 Å². The molecule has 0 fully saturated rings. The molecule has 3 N–H and O–H groups in total. The minimum Gasteiger partial charge on any atom is -0.503 e. The molecular weight excluding hydrogens is 483 g/mol. The van der Waals surface area contributed by atoms with Crippen LogP contribution in [0.2, 0.25) is 10.0 Å². The van der Waals surface area contributed by atoms with E-state index >= 15 is 0 Å². The number of nitrogens with zero attached hydrogens (tertiary/aromatic N) is 1. The van der Waals surface area contributed by atoms with E-state index in [9.17, 15) is 14.7 Å². The highest BCUT2D eigenvalue weighted by molar-refractivity contribution is 6.35. The first-order chi connectivity index (χ1) is 16.1. The number of esters is 1. The molecule has 1 heterocycles. The van der Waals surface area contributed by atoms with E-state index in [1.807, 2.05) is 6.92 Å². The standard InChI is InChI=1S/C17H24Cl2O3.C7H8N2O3/c1-5-12(6-2)17(11(4)21-16(20)7-3)22-15-9-8-13(18)10-14(15)19;1-12-4-2-3-9-5(6(4)10)7(8)11/h8-12,17H,5-7H2,1-4H3;2-3,10H,1H3,(H2,8,11). The van der Waals surface area contributed by atoms with Crippen LogP contribution in [-0.2, 0) is 9.53 Å². The van der Waals surface area contributed by atoms with Gasteiger partial charge in [0, 0.05) is 23.7 Å². The molecule has 2 unspecified atom stereocenters. The number of amides is 1. The van der Waals surface area contributed by atoms with Gasteiger partial charge in [0.05, 0.1) is 12.1 Å². The number of benzene rings is 1. The predicted octanol–water partition coefficient (Wildman–Crippen LogP) is 5.41. The highest BCUT2D eigenvalue weighted by Crippen LogP contribution is 2.32. The van der Waals surface area contributed by atoms with Crippen molar-refractivity contribution in [1.29, 1.82) is 0 Å². The van der Waals surface area contributed by atoms with E-state index in [4.69, 9.17) is 43.1 Å². The number of rotatable bonds is 10. The summed E-state index contributed by atoms with van der Waals surface area (Å²) < 4.78 is 16.3. The third kappa shape index (κ3) is 8.57. The number of hydrogen-bond acceptors (Lipinski definition) is 7. The van der Waals surface area contributed by atoms with Gasteiger partial charge in [-0.1, -0.05) is 44.0 Å². The monoisotopic (exact) mass is 514 g/mol. The lowest BCUT2D eigenvalue weighted by Crippen LogP contribution is -2.39. The summed E-state index contributed by atoms with van der Waals surface area (Å²) in [6.07, 6.45) is 2.95. The van der Waals surface area contributed by atoms with Crippen LogP contribution < -0.4 is 15.2 Å². The molecule has 2 atom stereocenters. The molecule has 0 bridgehead atoms. The van der Waals surface area contributed by atoms with Crippen molar-refractivity contribution in [1.82, 2.24) is 4.98 Å². The van der Waals surface area contributed by atoms with Crippen molar-refractivity contribution in [2.45, 2.75) is 59.2 Å². The van der Waals surface area contributed by atoms with Crippen LogP contribution in [0, 0.1) is 5.92 Å². The minimum atomic E-state index is -0.786. The molecule has 0 aliphatic rings. The molecule has 1 aromatic heterocycles. The molecule has 0 saturated heterocycles. The molecule has 0 aliphatic heterocycles. The largest absolute Gasteiger partial charge is 0.503 e. The van der Waals surface area contributed by atoms with E-state index in [-0.39, 0.29) is 41.3 Å². The molecule has 8 nitrogen and oxygen atoms in total. The molecular formula is C24H32Cl2N2O6. The predicted molar refractivity (Wildman–Crippen MR) is 132 cm³/mol. The summed E-state index contributed by atoms with van der Waals surface area (Å²) in [6.45, 7) is 7.84. The van der Waals surface area contributed by atoms with Crippen molar-refractivity contribution in [3.05, 3.63) is 46.2 Å². The second-order valence-electron chi connectivity index (χ2n) is 7.36. The molecule has 10 heteroatoms. The van der Waals surface area contributed by atoms with Gasteiger partial charge < -0.3 is 25.1 Å². The van der Waals surface area contributed by atoms with Crippen LogP contribution in [0.15, 0.2) is 30.5 Å². The average molecular weight is 515 g/mol. The Morgan fingerprint density at radius 3 is 2.26 bits per heavy atom. The Kier molecular flexibility index (Phi) is 12.5. The Morgan fingerprint density at radius 2 is 1.76 bits per heavy atom. The van der Waals surface area contributed by atoms with E-state index in [1.165, 1.54) is 19.4 Å². The van der Waals surface area contributed by atoms with Gasteiger partial charge in [0.15, 0.2) is 17.2 Å². The fourth-order valence-corrected chi connectivity index (χ4v) is 3.64. The first-order valence-electron chi connectivity index (χ1n) is 10.9. The van der Waals surface area contributed by atoms with Gasteiger partial charge in [0.2, 0.25) is 0 Å². The molecule has 0 saturated carbocycles. The molecule has 188 valence electrons. The van der Waals surface area contributed by atoms with Gasteiger partial charge in [-0.15, -0.1) is 0 Å². The molecule has 1 aromatic carbocycles. The van der Waals surface area contributed by atoms with Crippen LogP contribution in [-0.4, -0.2) is 41.3 Å². The van der Waals surface area contributed by atoms with Gasteiger partial charge in [0.1, 0.15) is 18.0 Å². The van der Waals surface area contributed by atoms with Gasteiger partial charge in [-0.05, 0) is 43.9 Å². The third-order valence-electron chi connectivity index (χ3n) is 5.08. The Hall–Kier alpha value is -2.71. The van der Waals surface area contributed by atoms with Crippen molar-refractivity contribution in [2.24, 2.45) is 11.7 Å². The molecule has 2 aromatic rings. The van der Waals surface area contributed by atoms with E-state index in [0.717, 1.165) is 12.8 Å². The summed E-state index contributed by atoms with van der Waals surface area (Å²) in [5, 5.41) is 10.3. The number of halogens is 2. The van der Waals surface area contributed by atoms with Gasteiger partial charge in [0.25, 0.3) is 5.91 Å². The Balaban J connectivity index is 0.000000404. The number of carbonyl (C=O) groups excluding carboxylic acids is 2. The Bertz CT molecular complexity index is 953. The second kappa shape index (κ2) is 14.5. The molecule has 1 amide bonds. The van der Waals surface area contributed by atoms with Crippen molar-refractivity contribution < 1.29 is 28.9 Å². The number of aromatic nitrogens is 1.